The van der Waals surface area contributed by atoms with Crippen molar-refractivity contribution >= 4 is 39.4 Å². The Morgan fingerprint density at radius 2 is 2.28 bits per heavy atom. The molecule has 0 spiro atoms. The van der Waals surface area contributed by atoms with E-state index in [1.165, 1.54) is 0 Å². The average molecular weight is 406 g/mol. The number of nitrogens with one attached hydrogen (secondary N) is 3. The van der Waals surface area contributed by atoms with Gasteiger partial charge in [-0.05, 0) is 40.4 Å². The van der Waals surface area contributed by atoms with Gasteiger partial charge >= 0.3 is 6.03 Å². The van der Waals surface area contributed by atoms with Crippen LogP contribution >= 0.6 is 15.9 Å². The van der Waals surface area contributed by atoms with E-state index in [0.29, 0.717) is 23.3 Å². The summed E-state index contributed by atoms with van der Waals surface area (Å²) in [5.41, 5.74) is 1.37. The van der Waals surface area contributed by atoms with E-state index in [0.717, 1.165) is 22.9 Å². The van der Waals surface area contributed by atoms with Crippen LogP contribution in [0.25, 0.3) is 0 Å². The fourth-order valence-corrected chi connectivity index (χ4v) is 3.06. The first-order valence-electron chi connectivity index (χ1n) is 7.94. The van der Waals surface area contributed by atoms with Gasteiger partial charge in [-0.25, -0.2) is 9.48 Å². The molecule has 1 fully saturated rings. The Bertz CT molecular complexity index is 846. The third kappa shape index (κ3) is 3.32. The van der Waals surface area contributed by atoms with Crippen molar-refractivity contribution in [2.24, 2.45) is 0 Å². The molecule has 9 heteroatoms. The Hall–Kier alpha value is -2.55. The van der Waals surface area contributed by atoms with Crippen LogP contribution in [0.3, 0.4) is 0 Å². The van der Waals surface area contributed by atoms with E-state index in [1.807, 2.05) is 16.8 Å². The zero-order chi connectivity index (χ0) is 17.4. The first-order chi connectivity index (χ1) is 12.1. The van der Waals surface area contributed by atoms with Crippen molar-refractivity contribution in [3.63, 3.8) is 0 Å². The van der Waals surface area contributed by atoms with E-state index in [9.17, 15) is 9.59 Å². The maximum Gasteiger partial charge on any atom is 0.320 e. The molecule has 0 radical (unpaired) electrons. The molecule has 0 bridgehead atoms. The van der Waals surface area contributed by atoms with Crippen LogP contribution in [0.2, 0.25) is 0 Å². The molecule has 2 aliphatic rings. The first-order valence-corrected chi connectivity index (χ1v) is 8.73. The molecule has 130 valence electrons. The maximum atomic E-state index is 12.3. The molecule has 0 atom stereocenters. The highest BCUT2D eigenvalue weighted by molar-refractivity contribution is 9.10. The lowest BCUT2D eigenvalue weighted by Crippen LogP contribution is -2.31. The number of ether oxygens (including phenoxy) is 1. The average Bonchev–Trinajstić information content (AvgIpc) is 3.38. The predicted molar refractivity (Wildman–Crippen MR) is 94.6 cm³/mol. The fraction of sp³-hybridized carbons (Fsp3) is 0.312. The molecule has 1 saturated carbocycles. The van der Waals surface area contributed by atoms with Crippen LogP contribution in [-0.4, -0.2) is 28.3 Å². The summed E-state index contributed by atoms with van der Waals surface area (Å²) in [7, 11) is 0. The van der Waals surface area contributed by atoms with Crippen LogP contribution in [0, 0.1) is 0 Å². The minimum atomic E-state index is -0.344. The molecule has 2 heterocycles. The molecule has 25 heavy (non-hydrogen) atoms. The lowest BCUT2D eigenvalue weighted by molar-refractivity contribution is -0.118. The number of hydrogen-bond donors (Lipinski definition) is 3. The first kappa shape index (κ1) is 15.9. The summed E-state index contributed by atoms with van der Waals surface area (Å²) in [6.07, 6.45) is 3.81. The molecule has 2 aromatic rings. The second-order valence-electron chi connectivity index (χ2n) is 5.95. The number of urea groups is 1. The number of rotatable bonds is 4. The highest BCUT2D eigenvalue weighted by atomic mass is 79.9. The van der Waals surface area contributed by atoms with Crippen molar-refractivity contribution in [1.29, 1.82) is 0 Å². The summed E-state index contributed by atoms with van der Waals surface area (Å²) in [5.74, 6) is 1.04. The number of anilines is 2. The SMILES string of the molecule is O=C1COc2cccc(CNC(=O)Nc3c(Br)cnn3C3CC3)c2N1. The van der Waals surface area contributed by atoms with Crippen LogP contribution in [0.1, 0.15) is 24.4 Å². The van der Waals surface area contributed by atoms with Crippen molar-refractivity contribution in [2.45, 2.75) is 25.4 Å². The predicted octanol–water partition coefficient (Wildman–Crippen LogP) is 2.63. The van der Waals surface area contributed by atoms with Gasteiger partial charge in [0.15, 0.2) is 6.61 Å². The van der Waals surface area contributed by atoms with E-state index >= 15 is 0 Å². The number of benzene rings is 1. The van der Waals surface area contributed by atoms with E-state index < -0.39 is 0 Å². The van der Waals surface area contributed by atoms with E-state index in [4.69, 9.17) is 4.74 Å². The van der Waals surface area contributed by atoms with Gasteiger partial charge < -0.3 is 15.4 Å². The smallest absolute Gasteiger partial charge is 0.320 e. The van der Waals surface area contributed by atoms with Crippen molar-refractivity contribution in [1.82, 2.24) is 15.1 Å². The van der Waals surface area contributed by atoms with Crippen LogP contribution in [0.4, 0.5) is 16.3 Å². The fourth-order valence-electron chi connectivity index (χ4n) is 2.69. The van der Waals surface area contributed by atoms with Gasteiger partial charge in [-0.2, -0.15) is 5.10 Å². The molecule has 4 rings (SSSR count). The zero-order valence-electron chi connectivity index (χ0n) is 13.2. The molecular formula is C16H16BrN5O3. The third-order valence-electron chi connectivity index (χ3n) is 4.05. The third-order valence-corrected chi connectivity index (χ3v) is 4.63. The number of halogens is 1. The number of nitrogens with zero attached hydrogens (tertiary/aromatic N) is 2. The minimum absolute atomic E-state index is 0.00352. The molecule has 1 aromatic carbocycles. The molecule has 0 unspecified atom stereocenters. The normalized spacial score (nSPS) is 15.8. The van der Waals surface area contributed by atoms with Gasteiger partial charge in [-0.15, -0.1) is 0 Å². The number of amides is 3. The Morgan fingerprint density at radius 3 is 3.08 bits per heavy atom. The molecule has 1 aromatic heterocycles. The topological polar surface area (TPSA) is 97.3 Å². The lowest BCUT2D eigenvalue weighted by atomic mass is 10.1. The van der Waals surface area contributed by atoms with Gasteiger partial charge in [0.2, 0.25) is 0 Å². The quantitative estimate of drug-likeness (QED) is 0.727. The van der Waals surface area contributed by atoms with Crippen molar-refractivity contribution in [3.8, 4) is 5.75 Å². The van der Waals surface area contributed by atoms with Crippen LogP contribution in [0.5, 0.6) is 5.75 Å². The summed E-state index contributed by atoms with van der Waals surface area (Å²) in [6, 6.07) is 5.45. The van der Waals surface area contributed by atoms with Gasteiger partial charge in [-0.3, -0.25) is 10.1 Å². The zero-order valence-corrected chi connectivity index (χ0v) is 14.8. The molecule has 1 aliphatic carbocycles. The number of para-hydroxylation sites is 1. The standard InChI is InChI=1S/C16H16BrN5O3/c17-11-7-19-22(10-4-5-10)15(11)21-16(24)18-6-9-2-1-3-12-14(9)20-13(23)8-25-12/h1-3,7,10H,4-6,8H2,(H,20,23)(H2,18,21,24). The van der Waals surface area contributed by atoms with E-state index in [2.05, 4.69) is 37.0 Å². The van der Waals surface area contributed by atoms with Crippen LogP contribution < -0.4 is 20.7 Å². The summed E-state index contributed by atoms with van der Waals surface area (Å²) in [5, 5.41) is 12.7. The van der Waals surface area contributed by atoms with Crippen molar-refractivity contribution in [3.05, 3.63) is 34.4 Å². The minimum Gasteiger partial charge on any atom is -0.482 e. The summed E-state index contributed by atoms with van der Waals surface area (Å²) < 4.78 is 7.94. The Balaban J connectivity index is 1.43. The highest BCUT2D eigenvalue weighted by Crippen LogP contribution is 2.38. The lowest BCUT2D eigenvalue weighted by Gasteiger charge is -2.21. The number of hydrogen-bond acceptors (Lipinski definition) is 4. The largest absolute Gasteiger partial charge is 0.482 e. The second kappa shape index (κ2) is 6.40. The Labute approximate surface area is 152 Å². The van der Waals surface area contributed by atoms with Crippen LogP contribution in [-0.2, 0) is 11.3 Å². The maximum absolute atomic E-state index is 12.3. The number of fused-ring (bicyclic) bond motifs is 1. The van der Waals surface area contributed by atoms with Gasteiger partial charge in [0, 0.05) is 6.54 Å². The number of aromatic nitrogens is 2. The summed E-state index contributed by atoms with van der Waals surface area (Å²) in [6.45, 7) is 0.261. The molecule has 8 nitrogen and oxygen atoms in total. The van der Waals surface area contributed by atoms with Gasteiger partial charge in [-0.1, -0.05) is 12.1 Å². The van der Waals surface area contributed by atoms with Crippen molar-refractivity contribution in [2.75, 3.05) is 17.2 Å². The summed E-state index contributed by atoms with van der Waals surface area (Å²) >= 11 is 3.40. The van der Waals surface area contributed by atoms with E-state index in [1.54, 1.807) is 12.3 Å². The van der Waals surface area contributed by atoms with Gasteiger partial charge in [0.25, 0.3) is 5.91 Å². The number of carbonyl (C=O) groups excluding carboxylic acids is 2. The van der Waals surface area contributed by atoms with E-state index in [-0.39, 0.29) is 25.1 Å². The van der Waals surface area contributed by atoms with Gasteiger partial charge in [0.05, 0.1) is 22.4 Å². The highest BCUT2D eigenvalue weighted by Gasteiger charge is 2.28. The number of carbonyl (C=O) groups is 2. The Morgan fingerprint density at radius 1 is 1.44 bits per heavy atom. The second-order valence-corrected chi connectivity index (χ2v) is 6.81. The van der Waals surface area contributed by atoms with Gasteiger partial charge in [0.1, 0.15) is 11.6 Å². The Kier molecular flexibility index (Phi) is 4.08. The molecule has 1 aliphatic heterocycles. The molecule has 3 amide bonds. The van der Waals surface area contributed by atoms with Crippen molar-refractivity contribution < 1.29 is 14.3 Å². The molecule has 0 saturated heterocycles. The monoisotopic (exact) mass is 405 g/mol. The molecular weight excluding hydrogens is 390 g/mol. The molecule has 3 N–H and O–H groups in total. The summed E-state index contributed by atoms with van der Waals surface area (Å²) in [4.78, 5) is 23.8. The van der Waals surface area contributed by atoms with Crippen LogP contribution in [0.15, 0.2) is 28.9 Å².